The minimum atomic E-state index is -0.751. The van der Waals surface area contributed by atoms with Gasteiger partial charge in [-0.1, -0.05) is 22.9 Å². The standard InChI is InChI=1S/C23H22ClN5O3S/c1-29-18-9-4-13(20(30)25-15-6-2-12(3-7-15)21(31)32)10-17(18)26-22(29)28-23-27-16-8-5-14(24)11-19(16)33-23/h4-5,8-12,15H,2-3,6-7H2,1H3,(H,25,30)(H,31,32)(H,26,27,28). The maximum atomic E-state index is 12.8. The highest BCUT2D eigenvalue weighted by molar-refractivity contribution is 7.22. The molecule has 170 valence electrons. The zero-order valence-corrected chi connectivity index (χ0v) is 19.4. The molecule has 1 amide bonds. The molecule has 1 saturated carbocycles. The molecule has 8 nitrogen and oxygen atoms in total. The second-order valence-corrected chi connectivity index (χ2v) is 9.78. The number of aryl methyl sites for hydroxylation is 1. The van der Waals surface area contributed by atoms with E-state index in [9.17, 15) is 9.59 Å². The van der Waals surface area contributed by atoms with Gasteiger partial charge in [-0.05, 0) is 62.1 Å². The number of amides is 1. The number of nitrogens with one attached hydrogen (secondary N) is 2. The van der Waals surface area contributed by atoms with Crippen LogP contribution in [0.5, 0.6) is 0 Å². The van der Waals surface area contributed by atoms with Crippen molar-refractivity contribution in [2.45, 2.75) is 31.7 Å². The van der Waals surface area contributed by atoms with Crippen LogP contribution in [0.2, 0.25) is 5.02 Å². The van der Waals surface area contributed by atoms with Gasteiger partial charge in [-0.15, -0.1) is 0 Å². The summed E-state index contributed by atoms with van der Waals surface area (Å²) in [4.78, 5) is 33.2. The van der Waals surface area contributed by atoms with Gasteiger partial charge < -0.3 is 20.3 Å². The van der Waals surface area contributed by atoms with E-state index in [2.05, 4.69) is 20.6 Å². The lowest BCUT2D eigenvalue weighted by Crippen LogP contribution is -2.38. The first-order valence-corrected chi connectivity index (χ1v) is 11.9. The van der Waals surface area contributed by atoms with Crippen molar-refractivity contribution in [3.05, 3.63) is 47.0 Å². The number of imidazole rings is 1. The Bertz CT molecular complexity index is 1370. The first-order chi connectivity index (χ1) is 15.9. The van der Waals surface area contributed by atoms with Gasteiger partial charge in [-0.2, -0.15) is 0 Å². The summed E-state index contributed by atoms with van der Waals surface area (Å²) in [5, 5.41) is 16.8. The largest absolute Gasteiger partial charge is 0.481 e. The van der Waals surface area contributed by atoms with Crippen LogP contribution in [0.15, 0.2) is 36.4 Å². The highest BCUT2D eigenvalue weighted by atomic mass is 35.5. The zero-order chi connectivity index (χ0) is 23.1. The van der Waals surface area contributed by atoms with Crippen molar-refractivity contribution in [3.63, 3.8) is 0 Å². The molecule has 3 N–H and O–H groups in total. The van der Waals surface area contributed by atoms with E-state index in [4.69, 9.17) is 16.7 Å². The number of hydrogen-bond acceptors (Lipinski definition) is 6. The number of carboxylic acids is 1. The van der Waals surface area contributed by atoms with E-state index in [0.717, 1.165) is 15.7 Å². The third-order valence-corrected chi connectivity index (χ3v) is 7.29. The molecule has 4 aromatic rings. The molecule has 1 aliphatic carbocycles. The fourth-order valence-corrected chi connectivity index (χ4v) is 5.39. The first kappa shape index (κ1) is 21.7. The number of carbonyl (C=O) groups is 2. The van der Waals surface area contributed by atoms with E-state index in [0.29, 0.717) is 52.9 Å². The molecule has 0 saturated heterocycles. The molecule has 0 spiro atoms. The number of fused-ring (bicyclic) bond motifs is 2. The Morgan fingerprint density at radius 1 is 1.09 bits per heavy atom. The number of rotatable bonds is 5. The second kappa shape index (κ2) is 8.64. The molecule has 1 fully saturated rings. The molecule has 0 unspecified atom stereocenters. The third kappa shape index (κ3) is 4.38. The summed E-state index contributed by atoms with van der Waals surface area (Å²) < 4.78 is 2.91. The molecule has 0 atom stereocenters. The number of thiazole rings is 1. The average molecular weight is 484 g/mol. The number of hydrogen-bond donors (Lipinski definition) is 3. The van der Waals surface area contributed by atoms with Gasteiger partial charge in [-0.3, -0.25) is 9.59 Å². The topological polar surface area (TPSA) is 109 Å². The molecule has 2 heterocycles. The third-order valence-electron chi connectivity index (χ3n) is 6.12. The lowest BCUT2D eigenvalue weighted by atomic mass is 9.86. The van der Waals surface area contributed by atoms with Crippen LogP contribution in [0, 0.1) is 5.92 Å². The normalized spacial score (nSPS) is 18.5. The van der Waals surface area contributed by atoms with Crippen molar-refractivity contribution < 1.29 is 14.7 Å². The lowest BCUT2D eigenvalue weighted by molar-refractivity contribution is -0.142. The number of aliphatic carboxylic acids is 1. The van der Waals surface area contributed by atoms with Crippen LogP contribution >= 0.6 is 22.9 Å². The van der Waals surface area contributed by atoms with Gasteiger partial charge in [0.2, 0.25) is 5.95 Å². The predicted molar refractivity (Wildman–Crippen MR) is 129 cm³/mol. The Hall–Kier alpha value is -3.17. The van der Waals surface area contributed by atoms with Crippen molar-refractivity contribution in [2.24, 2.45) is 13.0 Å². The fraction of sp³-hybridized carbons (Fsp3) is 0.304. The summed E-state index contributed by atoms with van der Waals surface area (Å²) in [5.41, 5.74) is 2.98. The zero-order valence-electron chi connectivity index (χ0n) is 17.8. The van der Waals surface area contributed by atoms with Crippen molar-refractivity contribution >= 4 is 67.1 Å². The van der Waals surface area contributed by atoms with Crippen LogP contribution < -0.4 is 10.6 Å². The Morgan fingerprint density at radius 2 is 1.88 bits per heavy atom. The number of carboxylic acid groups (broad SMARTS) is 1. The van der Waals surface area contributed by atoms with E-state index < -0.39 is 5.97 Å². The minimum Gasteiger partial charge on any atom is -0.481 e. The maximum absolute atomic E-state index is 12.8. The second-order valence-electron chi connectivity index (χ2n) is 8.31. The molecule has 10 heteroatoms. The first-order valence-electron chi connectivity index (χ1n) is 10.7. The molecular formula is C23H22ClN5O3S. The van der Waals surface area contributed by atoms with E-state index in [1.165, 1.54) is 11.3 Å². The Balaban J connectivity index is 1.32. The van der Waals surface area contributed by atoms with Gasteiger partial charge in [0, 0.05) is 23.7 Å². The van der Waals surface area contributed by atoms with Gasteiger partial charge in [0.25, 0.3) is 5.91 Å². The van der Waals surface area contributed by atoms with Gasteiger partial charge in [0.15, 0.2) is 5.13 Å². The van der Waals surface area contributed by atoms with Crippen LogP contribution in [-0.4, -0.2) is 37.6 Å². The van der Waals surface area contributed by atoms with Gasteiger partial charge >= 0.3 is 5.97 Å². The Kier molecular flexibility index (Phi) is 5.67. The molecule has 2 aromatic carbocycles. The van der Waals surface area contributed by atoms with Crippen LogP contribution in [0.25, 0.3) is 21.3 Å². The molecule has 0 aliphatic heterocycles. The van der Waals surface area contributed by atoms with Crippen LogP contribution in [0.4, 0.5) is 11.1 Å². The van der Waals surface area contributed by atoms with Crippen molar-refractivity contribution in [3.8, 4) is 0 Å². The average Bonchev–Trinajstić information content (AvgIpc) is 3.33. The van der Waals surface area contributed by atoms with E-state index in [1.54, 1.807) is 12.1 Å². The van der Waals surface area contributed by atoms with Gasteiger partial charge in [-0.25, -0.2) is 9.97 Å². The van der Waals surface area contributed by atoms with Gasteiger partial charge in [0.05, 0.1) is 27.2 Å². The Labute approximate surface area is 198 Å². The summed E-state index contributed by atoms with van der Waals surface area (Å²) in [6, 6.07) is 11.0. The molecule has 0 radical (unpaired) electrons. The van der Waals surface area contributed by atoms with E-state index in [-0.39, 0.29) is 17.9 Å². The number of carbonyl (C=O) groups excluding carboxylic acids is 1. The van der Waals surface area contributed by atoms with Crippen LogP contribution in [0.1, 0.15) is 36.0 Å². The fourth-order valence-electron chi connectivity index (χ4n) is 4.25. The minimum absolute atomic E-state index is 0.00250. The molecule has 2 aromatic heterocycles. The highest BCUT2D eigenvalue weighted by Crippen LogP contribution is 2.31. The van der Waals surface area contributed by atoms with Gasteiger partial charge in [0.1, 0.15) is 0 Å². The molecule has 5 rings (SSSR count). The van der Waals surface area contributed by atoms with E-state index in [1.807, 2.05) is 35.9 Å². The number of anilines is 2. The Morgan fingerprint density at radius 3 is 2.64 bits per heavy atom. The SMILES string of the molecule is Cn1c(Nc2nc3ccc(Cl)cc3s2)nc2cc(C(=O)NC3CCC(C(=O)O)CC3)ccc21. The summed E-state index contributed by atoms with van der Waals surface area (Å²) in [6.07, 6.45) is 2.53. The number of benzene rings is 2. The summed E-state index contributed by atoms with van der Waals surface area (Å²) in [7, 11) is 1.91. The summed E-state index contributed by atoms with van der Waals surface area (Å²) in [6.45, 7) is 0. The quantitative estimate of drug-likeness (QED) is 0.370. The van der Waals surface area contributed by atoms with Crippen LogP contribution in [-0.2, 0) is 11.8 Å². The number of halogens is 1. The number of aromatic nitrogens is 3. The molecular weight excluding hydrogens is 462 g/mol. The molecule has 0 bridgehead atoms. The monoisotopic (exact) mass is 483 g/mol. The number of nitrogens with zero attached hydrogens (tertiary/aromatic N) is 3. The van der Waals surface area contributed by atoms with Crippen LogP contribution in [0.3, 0.4) is 0 Å². The summed E-state index contributed by atoms with van der Waals surface area (Å²) >= 11 is 7.57. The maximum Gasteiger partial charge on any atom is 0.306 e. The lowest BCUT2D eigenvalue weighted by Gasteiger charge is -2.26. The predicted octanol–water partition coefficient (Wildman–Crippen LogP) is 4.95. The van der Waals surface area contributed by atoms with E-state index >= 15 is 0 Å². The molecule has 1 aliphatic rings. The van der Waals surface area contributed by atoms with Crippen molar-refractivity contribution in [1.29, 1.82) is 0 Å². The van der Waals surface area contributed by atoms with Crippen molar-refractivity contribution in [1.82, 2.24) is 19.9 Å². The van der Waals surface area contributed by atoms with Crippen molar-refractivity contribution in [2.75, 3.05) is 5.32 Å². The molecule has 33 heavy (non-hydrogen) atoms. The highest BCUT2D eigenvalue weighted by Gasteiger charge is 2.27. The smallest absolute Gasteiger partial charge is 0.306 e. The summed E-state index contributed by atoms with van der Waals surface area (Å²) in [5.74, 6) is -0.598.